The number of benzene rings is 1. The number of nitrogens with one attached hydrogen (secondary N) is 1. The molecule has 5 heteroatoms. The Morgan fingerprint density at radius 2 is 2.18 bits per heavy atom. The van der Waals surface area contributed by atoms with Crippen LogP contribution in [0.5, 0.6) is 5.75 Å². The minimum absolute atomic E-state index is 0.0381. The predicted octanol–water partition coefficient (Wildman–Crippen LogP) is 0.736. The van der Waals surface area contributed by atoms with Crippen molar-refractivity contribution in [3.05, 3.63) is 23.3 Å². The summed E-state index contributed by atoms with van der Waals surface area (Å²) in [5.74, 6) is 0.887. The lowest BCUT2D eigenvalue weighted by Gasteiger charge is -2.17. The van der Waals surface area contributed by atoms with Crippen molar-refractivity contribution in [2.24, 2.45) is 0 Å². The Kier molecular flexibility index (Phi) is 2.62. The van der Waals surface area contributed by atoms with Gasteiger partial charge in [0, 0.05) is 11.0 Å². The van der Waals surface area contributed by atoms with Gasteiger partial charge in [0.05, 0.1) is 6.10 Å². The van der Waals surface area contributed by atoms with Crippen molar-refractivity contribution in [1.29, 1.82) is 0 Å². The molecule has 0 radical (unpaired) electrons. The monoisotopic (exact) mass is 233 g/mol. The molecule has 17 heavy (non-hydrogen) atoms. The van der Waals surface area contributed by atoms with Crippen LogP contribution in [0.2, 0.25) is 0 Å². The second-order valence-corrected chi connectivity index (χ2v) is 4.60. The highest BCUT2D eigenvalue weighted by molar-refractivity contribution is 6.64. The third-order valence-corrected chi connectivity index (χ3v) is 3.31. The number of ether oxygens (including phenoxy) is 1. The molecular formula is C12H16BNO3. The van der Waals surface area contributed by atoms with Crippen LogP contribution < -0.4 is 15.5 Å². The quantitative estimate of drug-likeness (QED) is 0.726. The molecule has 2 aliphatic heterocycles. The van der Waals surface area contributed by atoms with E-state index in [1.54, 1.807) is 0 Å². The summed E-state index contributed by atoms with van der Waals surface area (Å²) in [6.07, 6.45) is -0.0694. The van der Waals surface area contributed by atoms with Gasteiger partial charge in [-0.1, -0.05) is 6.07 Å². The molecule has 3 rings (SSSR count). The number of rotatable bonds is 1. The molecule has 0 amide bonds. The average molecular weight is 233 g/mol. The zero-order valence-electron chi connectivity index (χ0n) is 10.3. The maximum absolute atomic E-state index is 5.88. The van der Waals surface area contributed by atoms with Crippen LogP contribution >= 0.6 is 0 Å². The van der Waals surface area contributed by atoms with Crippen molar-refractivity contribution in [3.8, 4) is 5.75 Å². The van der Waals surface area contributed by atoms with Gasteiger partial charge in [0.2, 0.25) is 0 Å². The van der Waals surface area contributed by atoms with Crippen molar-refractivity contribution < 1.29 is 14.0 Å². The number of aryl methyl sites for hydroxylation is 1. The van der Waals surface area contributed by atoms with Crippen LogP contribution in [0, 0.1) is 6.92 Å². The molecule has 1 aromatic carbocycles. The van der Waals surface area contributed by atoms with Crippen LogP contribution in [-0.2, 0) is 9.31 Å². The van der Waals surface area contributed by atoms with Gasteiger partial charge < -0.3 is 14.0 Å². The SMILES string of the molecule is CNC1OB2OC(C)COc3ccc(C)c1c32. The lowest BCUT2D eigenvalue weighted by atomic mass is 9.77. The van der Waals surface area contributed by atoms with Crippen molar-refractivity contribution >= 4 is 12.6 Å². The van der Waals surface area contributed by atoms with Crippen molar-refractivity contribution in [2.45, 2.75) is 26.2 Å². The normalized spacial score (nSPS) is 26.4. The third-order valence-electron chi connectivity index (χ3n) is 3.31. The molecule has 2 unspecified atom stereocenters. The molecule has 2 heterocycles. The highest BCUT2D eigenvalue weighted by Crippen LogP contribution is 2.31. The Morgan fingerprint density at radius 1 is 1.35 bits per heavy atom. The lowest BCUT2D eigenvalue weighted by molar-refractivity contribution is 0.0903. The van der Waals surface area contributed by atoms with E-state index in [-0.39, 0.29) is 19.5 Å². The number of hydrogen-bond acceptors (Lipinski definition) is 4. The molecule has 1 aromatic rings. The van der Waals surface area contributed by atoms with Gasteiger partial charge >= 0.3 is 7.12 Å². The maximum Gasteiger partial charge on any atom is 0.499 e. The lowest BCUT2D eigenvalue weighted by Crippen LogP contribution is -2.34. The Morgan fingerprint density at radius 3 is 2.94 bits per heavy atom. The molecule has 90 valence electrons. The van der Waals surface area contributed by atoms with Crippen molar-refractivity contribution in [1.82, 2.24) is 5.32 Å². The fraction of sp³-hybridized carbons (Fsp3) is 0.500. The predicted molar refractivity (Wildman–Crippen MR) is 65.5 cm³/mol. The summed E-state index contributed by atoms with van der Waals surface area (Å²) in [6.45, 7) is 4.65. The van der Waals surface area contributed by atoms with Gasteiger partial charge in [0.25, 0.3) is 0 Å². The Hall–Kier alpha value is -1.04. The summed E-state index contributed by atoms with van der Waals surface area (Å²) >= 11 is 0. The molecule has 0 fully saturated rings. The summed E-state index contributed by atoms with van der Waals surface area (Å²) < 4.78 is 17.5. The minimum Gasteiger partial charge on any atom is -0.491 e. The van der Waals surface area contributed by atoms with Crippen molar-refractivity contribution in [2.75, 3.05) is 13.7 Å². The zero-order valence-corrected chi connectivity index (χ0v) is 10.3. The van der Waals surface area contributed by atoms with E-state index in [0.29, 0.717) is 6.61 Å². The van der Waals surface area contributed by atoms with E-state index < -0.39 is 0 Å². The van der Waals surface area contributed by atoms with Crippen molar-refractivity contribution in [3.63, 3.8) is 0 Å². The molecule has 0 saturated carbocycles. The van der Waals surface area contributed by atoms with Gasteiger partial charge in [-0.25, -0.2) is 0 Å². The summed E-state index contributed by atoms with van der Waals surface area (Å²) in [4.78, 5) is 0. The molecule has 0 aromatic heterocycles. The smallest absolute Gasteiger partial charge is 0.491 e. The Labute approximate surface area is 101 Å². The van der Waals surface area contributed by atoms with Gasteiger partial charge in [-0.15, -0.1) is 0 Å². The molecule has 0 spiro atoms. The summed E-state index contributed by atoms with van der Waals surface area (Å²) in [5, 5.41) is 3.16. The first-order valence-corrected chi connectivity index (χ1v) is 5.95. The van der Waals surface area contributed by atoms with E-state index in [4.69, 9.17) is 14.0 Å². The fourth-order valence-electron chi connectivity index (χ4n) is 2.47. The fourth-order valence-corrected chi connectivity index (χ4v) is 2.47. The molecule has 2 atom stereocenters. The maximum atomic E-state index is 5.88. The first-order chi connectivity index (χ1) is 8.20. The first-order valence-electron chi connectivity index (χ1n) is 5.95. The molecule has 0 bridgehead atoms. The van der Waals surface area contributed by atoms with Crippen LogP contribution in [0.3, 0.4) is 0 Å². The average Bonchev–Trinajstić information content (AvgIpc) is 2.60. The van der Waals surface area contributed by atoms with Gasteiger partial charge in [-0.05, 0) is 32.5 Å². The zero-order chi connectivity index (χ0) is 12.0. The highest BCUT2D eigenvalue weighted by Gasteiger charge is 2.43. The summed E-state index contributed by atoms with van der Waals surface area (Å²) in [7, 11) is 1.58. The first kappa shape index (κ1) is 11.1. The van der Waals surface area contributed by atoms with E-state index in [0.717, 1.165) is 16.8 Å². The summed E-state index contributed by atoms with van der Waals surface area (Å²) in [5.41, 5.74) is 3.41. The third kappa shape index (κ3) is 1.66. The van der Waals surface area contributed by atoms with E-state index in [1.807, 2.05) is 20.0 Å². The Bertz CT molecular complexity index is 452. The topological polar surface area (TPSA) is 39.7 Å². The van der Waals surface area contributed by atoms with E-state index >= 15 is 0 Å². The van der Waals surface area contributed by atoms with Crippen LogP contribution in [0.1, 0.15) is 24.3 Å². The van der Waals surface area contributed by atoms with Gasteiger partial charge in [-0.2, -0.15) is 0 Å². The molecule has 2 aliphatic rings. The summed E-state index contributed by atoms with van der Waals surface area (Å²) in [6, 6.07) is 4.07. The second kappa shape index (κ2) is 4.01. The van der Waals surface area contributed by atoms with E-state index in [1.165, 1.54) is 5.56 Å². The molecule has 4 nitrogen and oxygen atoms in total. The van der Waals surface area contributed by atoms with Crippen LogP contribution in [0.4, 0.5) is 0 Å². The standard InChI is InChI=1S/C12H16BNO3/c1-7-4-5-9-11-10(7)12(14-3)17-13(11)16-8(2)6-15-9/h4-5,8,12,14H,6H2,1-3H3. The highest BCUT2D eigenvalue weighted by atomic mass is 16.6. The van der Waals surface area contributed by atoms with E-state index in [2.05, 4.69) is 18.3 Å². The van der Waals surface area contributed by atoms with Crippen LogP contribution in [0.15, 0.2) is 12.1 Å². The van der Waals surface area contributed by atoms with Crippen LogP contribution in [0.25, 0.3) is 0 Å². The molecular weight excluding hydrogens is 217 g/mol. The molecule has 0 aliphatic carbocycles. The molecule has 1 N–H and O–H groups in total. The largest absolute Gasteiger partial charge is 0.499 e. The van der Waals surface area contributed by atoms with Crippen LogP contribution in [-0.4, -0.2) is 26.9 Å². The molecule has 0 saturated heterocycles. The Balaban J connectivity index is 2.14. The number of hydrogen-bond donors (Lipinski definition) is 1. The minimum atomic E-state index is -0.310. The second-order valence-electron chi connectivity index (χ2n) is 4.60. The van der Waals surface area contributed by atoms with E-state index in [9.17, 15) is 0 Å². The van der Waals surface area contributed by atoms with Gasteiger partial charge in [0.1, 0.15) is 18.6 Å². The van der Waals surface area contributed by atoms with Gasteiger partial charge in [-0.3, -0.25) is 5.32 Å². The van der Waals surface area contributed by atoms with Gasteiger partial charge in [0.15, 0.2) is 0 Å².